The lowest BCUT2D eigenvalue weighted by Crippen LogP contribution is -2.40. The molecule has 1 aromatic rings. The minimum absolute atomic E-state index is 0.199. The zero-order valence-electron chi connectivity index (χ0n) is 11.0. The van der Waals surface area contributed by atoms with E-state index in [-0.39, 0.29) is 11.5 Å². The summed E-state index contributed by atoms with van der Waals surface area (Å²) >= 11 is 3.23. The molecule has 0 aliphatic heterocycles. The molecule has 2 rings (SSSR count). The smallest absolute Gasteiger partial charge is 0.253 e. The van der Waals surface area contributed by atoms with Crippen LogP contribution in [0.2, 0.25) is 0 Å². The van der Waals surface area contributed by atoms with Crippen molar-refractivity contribution in [2.45, 2.75) is 38.1 Å². The van der Waals surface area contributed by atoms with Crippen LogP contribution in [0.15, 0.2) is 22.7 Å². The molecule has 3 nitrogen and oxygen atoms in total. The summed E-state index contributed by atoms with van der Waals surface area (Å²) in [6.07, 6.45) is 5.31. The van der Waals surface area contributed by atoms with Gasteiger partial charge < -0.3 is 5.32 Å². The fourth-order valence-corrected chi connectivity index (χ4v) is 3.04. The number of halogens is 2. The van der Waals surface area contributed by atoms with Gasteiger partial charge in [-0.05, 0) is 52.9 Å². The third kappa shape index (κ3) is 3.57. The standard InChI is InChI=1S/C15H16BrFN2O/c16-13-7-6-11(17)8-12(13)15(20)19-14(9-18)10-4-2-1-3-5-10/h6-8,10,14H,1-5H2,(H,19,20). The van der Waals surface area contributed by atoms with Crippen molar-refractivity contribution in [3.63, 3.8) is 0 Å². The van der Waals surface area contributed by atoms with E-state index in [9.17, 15) is 14.4 Å². The highest BCUT2D eigenvalue weighted by Crippen LogP contribution is 2.27. The summed E-state index contributed by atoms with van der Waals surface area (Å²) in [5.74, 6) is -0.678. The molecule has 1 aromatic carbocycles. The molecule has 20 heavy (non-hydrogen) atoms. The van der Waals surface area contributed by atoms with E-state index < -0.39 is 17.8 Å². The molecule has 1 aliphatic carbocycles. The maximum absolute atomic E-state index is 13.2. The molecule has 106 valence electrons. The van der Waals surface area contributed by atoms with Crippen LogP contribution in [-0.4, -0.2) is 11.9 Å². The molecule has 1 amide bonds. The number of carbonyl (C=O) groups excluding carboxylic acids is 1. The number of nitrogens with one attached hydrogen (secondary N) is 1. The van der Waals surface area contributed by atoms with E-state index in [1.165, 1.54) is 24.6 Å². The summed E-state index contributed by atoms with van der Waals surface area (Å²) < 4.78 is 13.7. The minimum atomic E-state index is -0.502. The average molecular weight is 339 g/mol. The number of nitriles is 1. The van der Waals surface area contributed by atoms with E-state index >= 15 is 0 Å². The Morgan fingerprint density at radius 2 is 2.10 bits per heavy atom. The largest absolute Gasteiger partial charge is 0.336 e. The number of benzene rings is 1. The van der Waals surface area contributed by atoms with E-state index in [0.717, 1.165) is 25.7 Å². The second kappa shape index (κ2) is 6.85. The van der Waals surface area contributed by atoms with Crippen LogP contribution in [0.1, 0.15) is 42.5 Å². The van der Waals surface area contributed by atoms with Crippen molar-refractivity contribution in [1.82, 2.24) is 5.32 Å². The first kappa shape index (κ1) is 15.0. The first-order valence-corrected chi connectivity index (χ1v) is 7.56. The van der Waals surface area contributed by atoms with Crippen LogP contribution in [-0.2, 0) is 0 Å². The number of carbonyl (C=O) groups is 1. The molecule has 0 heterocycles. The normalized spacial score (nSPS) is 17.2. The van der Waals surface area contributed by atoms with Crippen molar-refractivity contribution in [2.24, 2.45) is 5.92 Å². The molecule has 5 heteroatoms. The lowest BCUT2D eigenvalue weighted by atomic mass is 9.84. The van der Waals surface area contributed by atoms with Crippen LogP contribution in [0.4, 0.5) is 4.39 Å². The first-order valence-electron chi connectivity index (χ1n) is 6.77. The van der Waals surface area contributed by atoms with Gasteiger partial charge in [0.05, 0.1) is 11.6 Å². The van der Waals surface area contributed by atoms with Gasteiger partial charge in [0, 0.05) is 4.47 Å². The van der Waals surface area contributed by atoms with Gasteiger partial charge in [-0.25, -0.2) is 4.39 Å². The molecule has 0 bridgehead atoms. The van der Waals surface area contributed by atoms with Crippen LogP contribution in [0.5, 0.6) is 0 Å². The van der Waals surface area contributed by atoms with Crippen molar-refractivity contribution < 1.29 is 9.18 Å². The fraction of sp³-hybridized carbons (Fsp3) is 0.467. The van der Waals surface area contributed by atoms with Gasteiger partial charge in [0.1, 0.15) is 11.9 Å². The zero-order valence-corrected chi connectivity index (χ0v) is 12.6. The van der Waals surface area contributed by atoms with Gasteiger partial charge in [-0.3, -0.25) is 4.79 Å². The van der Waals surface area contributed by atoms with Gasteiger partial charge in [-0.2, -0.15) is 5.26 Å². The molecule has 1 aliphatic rings. The minimum Gasteiger partial charge on any atom is -0.336 e. The van der Waals surface area contributed by atoms with Crippen molar-refractivity contribution in [3.8, 4) is 6.07 Å². The third-order valence-corrected chi connectivity index (χ3v) is 4.41. The van der Waals surface area contributed by atoms with Crippen molar-refractivity contribution in [3.05, 3.63) is 34.1 Å². The number of hydrogen-bond acceptors (Lipinski definition) is 2. The monoisotopic (exact) mass is 338 g/mol. The average Bonchev–Trinajstić information content (AvgIpc) is 2.48. The Kier molecular flexibility index (Phi) is 5.13. The van der Waals surface area contributed by atoms with Gasteiger partial charge in [-0.1, -0.05) is 19.3 Å². The maximum Gasteiger partial charge on any atom is 0.253 e. The van der Waals surface area contributed by atoms with Crippen molar-refractivity contribution in [2.75, 3.05) is 0 Å². The SMILES string of the molecule is N#CC(NC(=O)c1cc(F)ccc1Br)C1CCCCC1. The van der Waals surface area contributed by atoms with Crippen molar-refractivity contribution >= 4 is 21.8 Å². The number of rotatable bonds is 3. The van der Waals surface area contributed by atoms with E-state index in [2.05, 4.69) is 27.3 Å². The molecule has 0 spiro atoms. The maximum atomic E-state index is 13.2. The summed E-state index contributed by atoms with van der Waals surface area (Å²) in [7, 11) is 0. The second-order valence-electron chi connectivity index (χ2n) is 5.10. The highest BCUT2D eigenvalue weighted by Gasteiger charge is 2.25. The number of hydrogen-bond donors (Lipinski definition) is 1. The Labute approximate surface area is 126 Å². The molecule has 1 N–H and O–H groups in total. The van der Waals surface area contributed by atoms with Crippen LogP contribution < -0.4 is 5.32 Å². The summed E-state index contributed by atoms with van der Waals surface area (Å²) in [6.45, 7) is 0. The number of nitrogens with zero attached hydrogens (tertiary/aromatic N) is 1. The molecular formula is C15H16BrFN2O. The van der Waals surface area contributed by atoms with Gasteiger partial charge in [0.25, 0.3) is 5.91 Å². The Hall–Kier alpha value is -1.41. The fourth-order valence-electron chi connectivity index (χ4n) is 2.61. The second-order valence-corrected chi connectivity index (χ2v) is 5.96. The third-order valence-electron chi connectivity index (χ3n) is 3.72. The van der Waals surface area contributed by atoms with E-state index in [1.807, 2.05) is 0 Å². The molecule has 1 saturated carbocycles. The zero-order chi connectivity index (χ0) is 14.5. The summed E-state index contributed by atoms with van der Waals surface area (Å²) in [5, 5.41) is 12.0. The highest BCUT2D eigenvalue weighted by molar-refractivity contribution is 9.10. The van der Waals surface area contributed by atoms with Crippen LogP contribution in [0.25, 0.3) is 0 Å². The van der Waals surface area contributed by atoms with E-state index in [0.29, 0.717) is 4.47 Å². The van der Waals surface area contributed by atoms with Crippen LogP contribution in [0, 0.1) is 23.1 Å². The Morgan fingerprint density at radius 1 is 1.40 bits per heavy atom. The Bertz CT molecular complexity index is 535. The van der Waals surface area contributed by atoms with E-state index in [4.69, 9.17) is 0 Å². The molecule has 0 radical (unpaired) electrons. The van der Waals surface area contributed by atoms with Gasteiger partial charge in [-0.15, -0.1) is 0 Å². The van der Waals surface area contributed by atoms with E-state index in [1.54, 1.807) is 0 Å². The Balaban J connectivity index is 2.09. The lowest BCUT2D eigenvalue weighted by Gasteiger charge is -2.26. The first-order chi connectivity index (χ1) is 9.61. The molecule has 1 atom stereocenters. The quantitative estimate of drug-likeness (QED) is 0.911. The van der Waals surface area contributed by atoms with Gasteiger partial charge in [0.2, 0.25) is 0 Å². The topological polar surface area (TPSA) is 52.9 Å². The number of amides is 1. The molecule has 1 fully saturated rings. The highest BCUT2D eigenvalue weighted by atomic mass is 79.9. The molecular weight excluding hydrogens is 323 g/mol. The summed E-state index contributed by atoms with van der Waals surface area (Å²) in [5.41, 5.74) is 0.223. The molecule has 0 saturated heterocycles. The summed E-state index contributed by atoms with van der Waals surface area (Å²) in [4.78, 5) is 12.2. The van der Waals surface area contributed by atoms with Crippen LogP contribution in [0.3, 0.4) is 0 Å². The predicted octanol–water partition coefficient (Wildman–Crippen LogP) is 3.79. The van der Waals surface area contributed by atoms with Crippen molar-refractivity contribution in [1.29, 1.82) is 5.26 Å². The van der Waals surface area contributed by atoms with Gasteiger partial charge >= 0.3 is 0 Å². The van der Waals surface area contributed by atoms with Gasteiger partial charge in [0.15, 0.2) is 0 Å². The molecule has 1 unspecified atom stereocenters. The predicted molar refractivity (Wildman–Crippen MR) is 77.5 cm³/mol. The van der Waals surface area contributed by atoms with Crippen LogP contribution >= 0.6 is 15.9 Å². The Morgan fingerprint density at radius 3 is 2.75 bits per heavy atom. The molecule has 0 aromatic heterocycles. The summed E-state index contributed by atoms with van der Waals surface area (Å²) in [6, 6.07) is 5.61. The lowest BCUT2D eigenvalue weighted by molar-refractivity contribution is 0.0927.